The molecule has 1 amide bonds. The lowest BCUT2D eigenvalue weighted by atomic mass is 10.1. The molecular formula is C16H13NO7S. The second-order valence-electron chi connectivity index (χ2n) is 5.21. The zero-order chi connectivity index (χ0) is 18.4. The minimum atomic E-state index is -4.56. The molecule has 3 N–H and O–H groups in total. The first kappa shape index (κ1) is 16.9. The van der Waals surface area contributed by atoms with Gasteiger partial charge in [0, 0.05) is 11.6 Å². The summed E-state index contributed by atoms with van der Waals surface area (Å²) in [5.41, 5.74) is 4.96. The van der Waals surface area contributed by atoms with Gasteiger partial charge in [0.2, 0.25) is 11.3 Å². The van der Waals surface area contributed by atoms with Crippen LogP contribution in [0.3, 0.4) is 0 Å². The van der Waals surface area contributed by atoms with Gasteiger partial charge in [-0.3, -0.25) is 14.1 Å². The Morgan fingerprint density at radius 1 is 1.24 bits per heavy atom. The summed E-state index contributed by atoms with van der Waals surface area (Å²) in [5.74, 6) is -0.714. The first-order valence-corrected chi connectivity index (χ1v) is 8.61. The Kier molecular flexibility index (Phi) is 3.97. The molecule has 0 unspecified atom stereocenters. The van der Waals surface area contributed by atoms with Crippen molar-refractivity contribution in [3.05, 3.63) is 46.1 Å². The summed E-state index contributed by atoms with van der Waals surface area (Å²) < 4.78 is 43.2. The molecule has 0 atom stereocenters. The highest BCUT2D eigenvalue weighted by atomic mass is 32.2. The Bertz CT molecular complexity index is 1180. The predicted molar refractivity (Wildman–Crippen MR) is 89.5 cm³/mol. The highest BCUT2D eigenvalue weighted by Gasteiger charge is 2.19. The maximum Gasteiger partial charge on any atom is 0.294 e. The third-order valence-corrected chi connectivity index (χ3v) is 4.42. The molecule has 0 radical (unpaired) electrons. The van der Waals surface area contributed by atoms with Crippen molar-refractivity contribution in [2.75, 3.05) is 6.61 Å². The Labute approximate surface area is 141 Å². The summed E-state index contributed by atoms with van der Waals surface area (Å²) in [6.07, 6.45) is 0. The number of benzene rings is 2. The van der Waals surface area contributed by atoms with E-state index in [1.165, 1.54) is 18.2 Å². The van der Waals surface area contributed by atoms with Crippen molar-refractivity contribution in [3.63, 3.8) is 0 Å². The number of fused-ring (bicyclic) bond motifs is 2. The van der Waals surface area contributed by atoms with Gasteiger partial charge >= 0.3 is 0 Å². The molecule has 1 aromatic heterocycles. The van der Waals surface area contributed by atoms with E-state index in [0.29, 0.717) is 0 Å². The molecule has 1 heterocycles. The molecule has 0 aliphatic heterocycles. The second-order valence-corrected chi connectivity index (χ2v) is 6.63. The van der Waals surface area contributed by atoms with Crippen molar-refractivity contribution in [1.29, 1.82) is 0 Å². The topological polar surface area (TPSA) is 137 Å². The van der Waals surface area contributed by atoms with E-state index in [1.54, 1.807) is 6.92 Å². The number of carbonyl (C=O) groups is 1. The molecule has 8 nitrogen and oxygen atoms in total. The minimum absolute atomic E-state index is 0.00519. The molecule has 0 fully saturated rings. The lowest BCUT2D eigenvalue weighted by Crippen LogP contribution is -2.12. The van der Waals surface area contributed by atoms with E-state index in [-0.39, 0.29) is 39.9 Å². The van der Waals surface area contributed by atoms with Crippen LogP contribution >= 0.6 is 0 Å². The molecule has 9 heteroatoms. The quantitative estimate of drug-likeness (QED) is 0.531. The lowest BCUT2D eigenvalue weighted by molar-refractivity contribution is 0.100. The molecule has 0 bridgehead atoms. The second kappa shape index (κ2) is 5.87. The number of hydrogen-bond donors (Lipinski definition) is 2. The average Bonchev–Trinajstić information content (AvgIpc) is 2.54. The van der Waals surface area contributed by atoms with Crippen LogP contribution in [0.5, 0.6) is 5.75 Å². The van der Waals surface area contributed by atoms with Crippen LogP contribution in [-0.2, 0) is 10.1 Å². The normalized spacial score (nSPS) is 11.8. The number of ether oxygens (including phenoxy) is 1. The monoisotopic (exact) mass is 363 g/mol. The van der Waals surface area contributed by atoms with Gasteiger partial charge in [-0.15, -0.1) is 0 Å². The van der Waals surface area contributed by atoms with Crippen LogP contribution in [0.1, 0.15) is 17.3 Å². The van der Waals surface area contributed by atoms with Crippen molar-refractivity contribution in [2.45, 2.75) is 11.8 Å². The maximum atomic E-state index is 12.8. The van der Waals surface area contributed by atoms with Gasteiger partial charge in [0.1, 0.15) is 5.58 Å². The van der Waals surface area contributed by atoms with Crippen molar-refractivity contribution in [3.8, 4) is 5.75 Å². The van der Waals surface area contributed by atoms with E-state index < -0.39 is 26.3 Å². The van der Waals surface area contributed by atoms with Crippen molar-refractivity contribution < 1.29 is 26.9 Å². The minimum Gasteiger partial charge on any atom is -0.490 e. The van der Waals surface area contributed by atoms with E-state index in [2.05, 4.69) is 0 Å². The van der Waals surface area contributed by atoms with Gasteiger partial charge in [0.05, 0.1) is 22.3 Å². The van der Waals surface area contributed by atoms with Gasteiger partial charge in [0.15, 0.2) is 11.3 Å². The summed E-state index contributed by atoms with van der Waals surface area (Å²) in [6.45, 7) is 1.86. The zero-order valence-electron chi connectivity index (χ0n) is 13.0. The first-order chi connectivity index (χ1) is 11.7. The summed E-state index contributed by atoms with van der Waals surface area (Å²) in [4.78, 5) is 23.6. The SMILES string of the molecule is CCOc1cc(S(=O)(=O)O)cc2c(=O)c3cc(C(N)=O)ccc3oc12. The third-order valence-electron chi connectivity index (χ3n) is 3.59. The number of hydrogen-bond acceptors (Lipinski definition) is 6. The zero-order valence-corrected chi connectivity index (χ0v) is 13.8. The fraction of sp³-hybridized carbons (Fsp3) is 0.125. The average molecular weight is 363 g/mol. The summed E-state index contributed by atoms with van der Waals surface area (Å²) in [6, 6.07) is 6.17. The van der Waals surface area contributed by atoms with Crippen molar-refractivity contribution in [1.82, 2.24) is 0 Å². The highest BCUT2D eigenvalue weighted by molar-refractivity contribution is 7.85. The van der Waals surface area contributed by atoms with Gasteiger partial charge in [-0.2, -0.15) is 8.42 Å². The molecule has 3 aromatic rings. The lowest BCUT2D eigenvalue weighted by Gasteiger charge is -2.10. The third kappa shape index (κ3) is 2.94. The molecule has 130 valence electrons. The number of rotatable bonds is 4. The van der Waals surface area contributed by atoms with Gasteiger partial charge in [-0.1, -0.05) is 0 Å². The first-order valence-electron chi connectivity index (χ1n) is 7.17. The van der Waals surface area contributed by atoms with Crippen LogP contribution in [0.25, 0.3) is 21.9 Å². The summed E-state index contributed by atoms with van der Waals surface area (Å²) in [5, 5.41) is -0.0496. The molecule has 3 rings (SSSR count). The van der Waals surface area contributed by atoms with Gasteiger partial charge in [-0.05, 0) is 31.2 Å². The fourth-order valence-corrected chi connectivity index (χ4v) is 2.99. The summed E-state index contributed by atoms with van der Waals surface area (Å²) >= 11 is 0. The number of nitrogens with two attached hydrogens (primary N) is 1. The van der Waals surface area contributed by atoms with Crippen LogP contribution in [0.15, 0.2) is 44.4 Å². The molecular weight excluding hydrogens is 350 g/mol. The predicted octanol–water partition coefficient (Wildman–Crippen LogP) is 1.69. The van der Waals surface area contributed by atoms with Gasteiger partial charge in [-0.25, -0.2) is 0 Å². The van der Waals surface area contributed by atoms with E-state index in [1.807, 2.05) is 0 Å². The van der Waals surface area contributed by atoms with E-state index >= 15 is 0 Å². The molecule has 25 heavy (non-hydrogen) atoms. The van der Waals surface area contributed by atoms with Crippen molar-refractivity contribution in [2.24, 2.45) is 5.73 Å². The largest absolute Gasteiger partial charge is 0.490 e. The van der Waals surface area contributed by atoms with Gasteiger partial charge < -0.3 is 14.9 Å². The van der Waals surface area contributed by atoms with E-state index in [9.17, 15) is 22.6 Å². The number of amides is 1. The Morgan fingerprint density at radius 2 is 1.96 bits per heavy atom. The van der Waals surface area contributed by atoms with Crippen LogP contribution in [0, 0.1) is 0 Å². The van der Waals surface area contributed by atoms with E-state index in [0.717, 1.165) is 12.1 Å². The molecule has 0 aliphatic carbocycles. The van der Waals surface area contributed by atoms with Crippen LogP contribution in [0.2, 0.25) is 0 Å². The molecule has 0 saturated heterocycles. The Morgan fingerprint density at radius 3 is 2.56 bits per heavy atom. The van der Waals surface area contributed by atoms with Gasteiger partial charge in [0.25, 0.3) is 10.1 Å². The van der Waals surface area contributed by atoms with Crippen LogP contribution < -0.4 is 15.9 Å². The van der Waals surface area contributed by atoms with Crippen LogP contribution in [-0.4, -0.2) is 25.5 Å². The molecule has 0 saturated carbocycles. The smallest absolute Gasteiger partial charge is 0.294 e. The number of primary amides is 1. The summed E-state index contributed by atoms with van der Waals surface area (Å²) in [7, 11) is -4.56. The maximum absolute atomic E-state index is 12.8. The Hall–Kier alpha value is -2.91. The standard InChI is InChI=1S/C16H13NO7S/c1-2-23-13-7-9(25(20,21)22)6-11-14(18)10-5-8(16(17)19)3-4-12(10)24-15(11)13/h3-7H,2H2,1H3,(H2,17,19)(H,20,21,22). The van der Waals surface area contributed by atoms with Crippen molar-refractivity contribution >= 4 is 38.0 Å². The molecule has 0 spiro atoms. The van der Waals surface area contributed by atoms with Crippen LogP contribution in [0.4, 0.5) is 0 Å². The molecule has 0 aliphatic rings. The number of carbonyl (C=O) groups excluding carboxylic acids is 1. The van der Waals surface area contributed by atoms with E-state index in [4.69, 9.17) is 14.9 Å². The highest BCUT2D eigenvalue weighted by Crippen LogP contribution is 2.30. The fourth-order valence-electron chi connectivity index (χ4n) is 2.47. The Balaban J connectivity index is 2.48. The molecule has 2 aromatic carbocycles.